The van der Waals surface area contributed by atoms with E-state index >= 15 is 0 Å². The van der Waals surface area contributed by atoms with Crippen molar-refractivity contribution < 1.29 is 9.84 Å². The summed E-state index contributed by atoms with van der Waals surface area (Å²) in [7, 11) is 1.66. The summed E-state index contributed by atoms with van der Waals surface area (Å²) in [6.45, 7) is 4.56. The Bertz CT molecular complexity index is 398. The van der Waals surface area contributed by atoms with Crippen LogP contribution in [-0.2, 0) is 0 Å². The van der Waals surface area contributed by atoms with Crippen LogP contribution in [0.25, 0.3) is 0 Å². The molecule has 1 aliphatic carbocycles. The quantitative estimate of drug-likeness (QED) is 0.877. The van der Waals surface area contributed by atoms with E-state index in [-0.39, 0.29) is 11.5 Å². The van der Waals surface area contributed by atoms with Gasteiger partial charge in [-0.25, -0.2) is 0 Å². The van der Waals surface area contributed by atoms with Crippen molar-refractivity contribution in [2.75, 3.05) is 7.11 Å². The van der Waals surface area contributed by atoms with Crippen molar-refractivity contribution in [1.82, 2.24) is 0 Å². The summed E-state index contributed by atoms with van der Waals surface area (Å²) in [6, 6.07) is 7.82. The standard InChI is InChI=1S/C16H24O2/c1-16(2)10-5-4-9-14(16)15(17)12-7-6-8-13(11-12)18-3/h6-8,11,14-15,17H,4-5,9-10H2,1-3H3. The van der Waals surface area contributed by atoms with Gasteiger partial charge in [0.25, 0.3) is 0 Å². The summed E-state index contributed by atoms with van der Waals surface area (Å²) < 4.78 is 5.23. The van der Waals surface area contributed by atoms with Gasteiger partial charge in [-0.2, -0.15) is 0 Å². The van der Waals surface area contributed by atoms with Crippen LogP contribution >= 0.6 is 0 Å². The second-order valence-corrected chi connectivity index (χ2v) is 6.06. The number of hydrogen-bond donors (Lipinski definition) is 1. The Morgan fingerprint density at radius 3 is 2.78 bits per heavy atom. The SMILES string of the molecule is COc1cccc(C(O)C2CCCCC2(C)C)c1. The number of methoxy groups -OCH3 is 1. The van der Waals surface area contributed by atoms with Crippen LogP contribution in [0, 0.1) is 11.3 Å². The van der Waals surface area contributed by atoms with Gasteiger partial charge in [-0.15, -0.1) is 0 Å². The molecular weight excluding hydrogens is 224 g/mol. The van der Waals surface area contributed by atoms with E-state index in [1.807, 2.05) is 24.3 Å². The third-order valence-corrected chi connectivity index (χ3v) is 4.41. The molecule has 1 fully saturated rings. The lowest BCUT2D eigenvalue weighted by atomic mass is 9.65. The average Bonchev–Trinajstić information content (AvgIpc) is 2.37. The summed E-state index contributed by atoms with van der Waals surface area (Å²) in [5.74, 6) is 1.17. The number of aliphatic hydroxyl groups is 1. The molecule has 0 aromatic heterocycles. The van der Waals surface area contributed by atoms with Gasteiger partial charge in [-0.05, 0) is 41.9 Å². The lowest BCUT2D eigenvalue weighted by Crippen LogP contribution is -2.32. The molecule has 0 bridgehead atoms. The summed E-state index contributed by atoms with van der Waals surface area (Å²) >= 11 is 0. The van der Waals surface area contributed by atoms with E-state index in [0.29, 0.717) is 5.92 Å². The van der Waals surface area contributed by atoms with Crippen molar-refractivity contribution in [2.45, 2.75) is 45.6 Å². The molecule has 0 heterocycles. The first-order valence-electron chi connectivity index (χ1n) is 6.86. The van der Waals surface area contributed by atoms with E-state index in [4.69, 9.17) is 4.74 Å². The predicted octanol–water partition coefficient (Wildman–Crippen LogP) is 3.95. The molecule has 2 heteroatoms. The fourth-order valence-electron chi connectivity index (χ4n) is 3.16. The highest BCUT2D eigenvalue weighted by molar-refractivity contribution is 5.30. The van der Waals surface area contributed by atoms with Gasteiger partial charge >= 0.3 is 0 Å². The third kappa shape index (κ3) is 2.69. The third-order valence-electron chi connectivity index (χ3n) is 4.41. The summed E-state index contributed by atoms with van der Waals surface area (Å²) in [5, 5.41) is 10.6. The minimum atomic E-state index is -0.379. The fourth-order valence-corrected chi connectivity index (χ4v) is 3.16. The minimum Gasteiger partial charge on any atom is -0.497 e. The molecule has 18 heavy (non-hydrogen) atoms. The number of hydrogen-bond acceptors (Lipinski definition) is 2. The van der Waals surface area contributed by atoms with E-state index < -0.39 is 0 Å². The molecule has 1 aromatic rings. The zero-order valence-electron chi connectivity index (χ0n) is 11.6. The van der Waals surface area contributed by atoms with E-state index in [9.17, 15) is 5.11 Å². The van der Waals surface area contributed by atoms with Crippen molar-refractivity contribution in [3.63, 3.8) is 0 Å². The topological polar surface area (TPSA) is 29.5 Å². The Morgan fingerprint density at radius 2 is 2.11 bits per heavy atom. The normalized spacial score (nSPS) is 24.6. The Hall–Kier alpha value is -1.02. The molecule has 0 radical (unpaired) electrons. The average molecular weight is 248 g/mol. The molecule has 1 saturated carbocycles. The molecule has 0 amide bonds. The molecule has 0 aliphatic heterocycles. The number of benzene rings is 1. The Kier molecular flexibility index (Phi) is 3.96. The molecule has 0 spiro atoms. The molecule has 1 aromatic carbocycles. The highest BCUT2D eigenvalue weighted by Gasteiger charge is 2.37. The second kappa shape index (κ2) is 5.31. The molecule has 2 unspecified atom stereocenters. The van der Waals surface area contributed by atoms with Gasteiger partial charge in [-0.3, -0.25) is 0 Å². The van der Waals surface area contributed by atoms with Gasteiger partial charge in [-0.1, -0.05) is 38.8 Å². The van der Waals surface area contributed by atoms with Crippen LogP contribution in [0.3, 0.4) is 0 Å². The lowest BCUT2D eigenvalue weighted by molar-refractivity contribution is 0.00376. The molecule has 1 aliphatic rings. The molecular formula is C16H24O2. The Balaban J connectivity index is 2.21. The van der Waals surface area contributed by atoms with Gasteiger partial charge in [0, 0.05) is 0 Å². The van der Waals surface area contributed by atoms with Gasteiger partial charge in [0.1, 0.15) is 5.75 Å². The largest absolute Gasteiger partial charge is 0.497 e. The predicted molar refractivity (Wildman–Crippen MR) is 73.7 cm³/mol. The zero-order chi connectivity index (χ0) is 13.2. The van der Waals surface area contributed by atoms with Crippen LogP contribution in [-0.4, -0.2) is 12.2 Å². The first-order valence-corrected chi connectivity index (χ1v) is 6.86. The van der Waals surface area contributed by atoms with Crippen LogP contribution in [0.15, 0.2) is 24.3 Å². The highest BCUT2D eigenvalue weighted by atomic mass is 16.5. The van der Waals surface area contributed by atoms with E-state index in [1.54, 1.807) is 7.11 Å². The molecule has 2 atom stereocenters. The van der Waals surface area contributed by atoms with Crippen molar-refractivity contribution in [2.24, 2.45) is 11.3 Å². The van der Waals surface area contributed by atoms with Gasteiger partial charge in [0.2, 0.25) is 0 Å². The first kappa shape index (κ1) is 13.4. The van der Waals surface area contributed by atoms with Crippen LogP contribution in [0.2, 0.25) is 0 Å². The van der Waals surface area contributed by atoms with E-state index in [1.165, 1.54) is 19.3 Å². The van der Waals surface area contributed by atoms with Crippen LogP contribution in [0.1, 0.15) is 51.2 Å². The summed E-state index contributed by atoms with van der Waals surface area (Å²) in [5.41, 5.74) is 1.20. The molecule has 1 N–H and O–H groups in total. The maximum atomic E-state index is 10.6. The number of rotatable bonds is 3. The zero-order valence-corrected chi connectivity index (χ0v) is 11.6. The van der Waals surface area contributed by atoms with Crippen molar-refractivity contribution >= 4 is 0 Å². The minimum absolute atomic E-state index is 0.223. The molecule has 0 saturated heterocycles. The molecule has 2 rings (SSSR count). The van der Waals surface area contributed by atoms with Crippen LogP contribution in [0.4, 0.5) is 0 Å². The molecule has 100 valence electrons. The lowest BCUT2D eigenvalue weighted by Gasteiger charge is -2.41. The maximum absolute atomic E-state index is 10.6. The van der Waals surface area contributed by atoms with Crippen LogP contribution < -0.4 is 4.74 Å². The van der Waals surface area contributed by atoms with Gasteiger partial charge in [0.15, 0.2) is 0 Å². The highest BCUT2D eigenvalue weighted by Crippen LogP contribution is 2.46. The fraction of sp³-hybridized carbons (Fsp3) is 0.625. The first-order chi connectivity index (χ1) is 8.54. The number of aliphatic hydroxyl groups excluding tert-OH is 1. The van der Waals surface area contributed by atoms with Gasteiger partial charge in [0.05, 0.1) is 13.2 Å². The molecule has 2 nitrogen and oxygen atoms in total. The smallest absolute Gasteiger partial charge is 0.119 e. The maximum Gasteiger partial charge on any atom is 0.119 e. The van der Waals surface area contributed by atoms with Gasteiger partial charge < -0.3 is 9.84 Å². The van der Waals surface area contributed by atoms with Crippen molar-refractivity contribution in [1.29, 1.82) is 0 Å². The summed E-state index contributed by atoms with van der Waals surface area (Å²) in [4.78, 5) is 0. The van der Waals surface area contributed by atoms with Crippen LogP contribution in [0.5, 0.6) is 5.75 Å². The second-order valence-electron chi connectivity index (χ2n) is 6.06. The van der Waals surface area contributed by atoms with Crippen molar-refractivity contribution in [3.8, 4) is 5.75 Å². The number of ether oxygens (including phenoxy) is 1. The Morgan fingerprint density at radius 1 is 1.33 bits per heavy atom. The van der Waals surface area contributed by atoms with E-state index in [2.05, 4.69) is 13.8 Å². The van der Waals surface area contributed by atoms with E-state index in [0.717, 1.165) is 17.7 Å². The van der Waals surface area contributed by atoms with Crippen molar-refractivity contribution in [3.05, 3.63) is 29.8 Å². The summed E-state index contributed by atoms with van der Waals surface area (Å²) in [6.07, 6.45) is 4.46. The Labute approximate surface area is 110 Å². The monoisotopic (exact) mass is 248 g/mol.